The Bertz CT molecular complexity index is 717. The highest BCUT2D eigenvalue weighted by Gasteiger charge is 2.20. The molecule has 0 saturated carbocycles. The van der Waals surface area contributed by atoms with E-state index in [2.05, 4.69) is 5.10 Å². The Morgan fingerprint density at radius 1 is 1.26 bits per heavy atom. The first-order chi connectivity index (χ1) is 10.8. The molecule has 6 heteroatoms. The normalized spacial score (nSPS) is 10.8. The molecule has 0 fully saturated rings. The zero-order valence-corrected chi connectivity index (χ0v) is 13.8. The summed E-state index contributed by atoms with van der Waals surface area (Å²) in [5.74, 6) is -0.111. The molecule has 0 unspecified atom stereocenters. The summed E-state index contributed by atoms with van der Waals surface area (Å²) in [5, 5.41) is 13.6. The first-order valence-corrected chi connectivity index (χ1v) is 7.41. The number of amides is 1. The topological polar surface area (TPSA) is 75.4 Å². The SMILES string of the molecule is CC(C)c1cc(C(=O)N(C)CC(=O)c2ccc(O)cc2)n(C)n1. The average Bonchev–Trinajstić information content (AvgIpc) is 2.89. The van der Waals surface area contributed by atoms with Gasteiger partial charge in [-0.05, 0) is 36.2 Å². The number of phenols is 1. The summed E-state index contributed by atoms with van der Waals surface area (Å²) in [6.45, 7) is 3.98. The fourth-order valence-electron chi connectivity index (χ4n) is 2.19. The number of likely N-dealkylation sites (N-methyl/N-ethyl adjacent to an activating group) is 1. The molecule has 1 aromatic carbocycles. The Hall–Kier alpha value is -2.63. The van der Waals surface area contributed by atoms with Crippen LogP contribution in [0.3, 0.4) is 0 Å². The van der Waals surface area contributed by atoms with E-state index in [0.29, 0.717) is 11.3 Å². The summed E-state index contributed by atoms with van der Waals surface area (Å²) in [6, 6.07) is 7.73. The molecule has 0 atom stereocenters. The molecule has 1 N–H and O–H groups in total. The maximum atomic E-state index is 12.5. The molecule has 0 saturated heterocycles. The number of carbonyl (C=O) groups excluding carboxylic acids is 2. The van der Waals surface area contributed by atoms with E-state index >= 15 is 0 Å². The molecule has 1 heterocycles. The van der Waals surface area contributed by atoms with Gasteiger partial charge in [0.25, 0.3) is 5.91 Å². The molecule has 0 aliphatic heterocycles. The highest BCUT2D eigenvalue weighted by atomic mass is 16.3. The van der Waals surface area contributed by atoms with E-state index in [1.54, 1.807) is 24.8 Å². The van der Waals surface area contributed by atoms with Crippen molar-refractivity contribution in [2.75, 3.05) is 13.6 Å². The summed E-state index contributed by atoms with van der Waals surface area (Å²) in [6.07, 6.45) is 0. The van der Waals surface area contributed by atoms with Gasteiger partial charge in [0.15, 0.2) is 5.78 Å². The zero-order valence-electron chi connectivity index (χ0n) is 13.8. The van der Waals surface area contributed by atoms with Crippen LogP contribution in [0.25, 0.3) is 0 Å². The van der Waals surface area contributed by atoms with Crippen LogP contribution >= 0.6 is 0 Å². The van der Waals surface area contributed by atoms with Crippen LogP contribution in [0.2, 0.25) is 0 Å². The van der Waals surface area contributed by atoms with E-state index in [1.165, 1.54) is 29.2 Å². The number of aromatic nitrogens is 2. The molecule has 0 aliphatic rings. The van der Waals surface area contributed by atoms with Crippen molar-refractivity contribution in [2.45, 2.75) is 19.8 Å². The molecule has 0 radical (unpaired) electrons. The monoisotopic (exact) mass is 315 g/mol. The summed E-state index contributed by atoms with van der Waals surface area (Å²) in [5.41, 5.74) is 1.75. The molecular weight excluding hydrogens is 294 g/mol. The minimum absolute atomic E-state index is 0.0359. The molecule has 122 valence electrons. The van der Waals surface area contributed by atoms with Gasteiger partial charge in [0.1, 0.15) is 11.4 Å². The Morgan fingerprint density at radius 2 is 1.87 bits per heavy atom. The molecule has 2 aromatic rings. The number of phenolic OH excluding ortho intramolecular Hbond substituents is 1. The number of aromatic hydroxyl groups is 1. The van der Waals surface area contributed by atoms with Gasteiger partial charge in [-0.3, -0.25) is 14.3 Å². The fraction of sp³-hybridized carbons (Fsp3) is 0.353. The van der Waals surface area contributed by atoms with Crippen molar-refractivity contribution in [1.82, 2.24) is 14.7 Å². The van der Waals surface area contributed by atoms with Crippen LogP contribution in [-0.2, 0) is 7.05 Å². The van der Waals surface area contributed by atoms with Gasteiger partial charge in [0.05, 0.1) is 12.2 Å². The minimum atomic E-state index is -0.251. The van der Waals surface area contributed by atoms with Gasteiger partial charge < -0.3 is 10.0 Å². The molecular formula is C17H21N3O3. The van der Waals surface area contributed by atoms with Gasteiger partial charge in [-0.15, -0.1) is 0 Å². The Kier molecular flexibility index (Phi) is 4.83. The van der Waals surface area contributed by atoms with Crippen LogP contribution in [0.1, 0.15) is 46.3 Å². The molecule has 0 bridgehead atoms. The first-order valence-electron chi connectivity index (χ1n) is 7.41. The number of nitrogens with zero attached hydrogens (tertiary/aromatic N) is 3. The van der Waals surface area contributed by atoms with E-state index < -0.39 is 0 Å². The van der Waals surface area contributed by atoms with Crippen LogP contribution in [0, 0.1) is 0 Å². The molecule has 1 aromatic heterocycles. The molecule has 0 aliphatic carbocycles. The molecule has 23 heavy (non-hydrogen) atoms. The number of carbonyl (C=O) groups is 2. The van der Waals surface area contributed by atoms with Gasteiger partial charge in [-0.25, -0.2) is 0 Å². The second-order valence-electron chi connectivity index (χ2n) is 5.86. The number of hydrogen-bond donors (Lipinski definition) is 1. The number of rotatable bonds is 5. The molecule has 6 nitrogen and oxygen atoms in total. The predicted molar refractivity (Wildman–Crippen MR) is 86.7 cm³/mol. The minimum Gasteiger partial charge on any atom is -0.508 e. The van der Waals surface area contributed by atoms with Crippen LogP contribution in [0.15, 0.2) is 30.3 Å². The quantitative estimate of drug-likeness (QED) is 0.858. The van der Waals surface area contributed by atoms with Crippen LogP contribution in [0.5, 0.6) is 5.75 Å². The predicted octanol–water partition coefficient (Wildman–Crippen LogP) is 2.20. The van der Waals surface area contributed by atoms with E-state index in [1.807, 2.05) is 13.8 Å². The first kappa shape index (κ1) is 16.7. The number of hydrogen-bond acceptors (Lipinski definition) is 4. The second-order valence-corrected chi connectivity index (χ2v) is 5.86. The van der Waals surface area contributed by atoms with Crippen LogP contribution in [-0.4, -0.2) is 45.1 Å². The van der Waals surface area contributed by atoms with E-state index in [-0.39, 0.29) is 29.9 Å². The highest BCUT2D eigenvalue weighted by Crippen LogP contribution is 2.15. The summed E-state index contributed by atoms with van der Waals surface area (Å²) < 4.78 is 1.54. The van der Waals surface area contributed by atoms with Gasteiger partial charge in [0, 0.05) is 19.7 Å². The van der Waals surface area contributed by atoms with Crippen molar-refractivity contribution in [3.63, 3.8) is 0 Å². The third-order valence-electron chi connectivity index (χ3n) is 3.63. The lowest BCUT2D eigenvalue weighted by Crippen LogP contribution is -2.33. The van der Waals surface area contributed by atoms with E-state index in [9.17, 15) is 14.7 Å². The number of ketones is 1. The van der Waals surface area contributed by atoms with Crippen molar-refractivity contribution in [3.05, 3.63) is 47.3 Å². The number of aryl methyl sites for hydroxylation is 1. The maximum absolute atomic E-state index is 12.5. The van der Waals surface area contributed by atoms with Crippen molar-refractivity contribution >= 4 is 11.7 Å². The maximum Gasteiger partial charge on any atom is 0.272 e. The Labute approximate surface area is 135 Å². The fourth-order valence-corrected chi connectivity index (χ4v) is 2.19. The lowest BCUT2D eigenvalue weighted by atomic mass is 10.1. The van der Waals surface area contributed by atoms with Crippen molar-refractivity contribution < 1.29 is 14.7 Å². The van der Waals surface area contributed by atoms with E-state index in [4.69, 9.17) is 0 Å². The lowest BCUT2D eigenvalue weighted by Gasteiger charge is -2.16. The average molecular weight is 315 g/mol. The van der Waals surface area contributed by atoms with Gasteiger partial charge >= 0.3 is 0 Å². The second kappa shape index (κ2) is 6.64. The lowest BCUT2D eigenvalue weighted by molar-refractivity contribution is 0.0739. The zero-order chi connectivity index (χ0) is 17.1. The van der Waals surface area contributed by atoms with Crippen molar-refractivity contribution in [1.29, 1.82) is 0 Å². The highest BCUT2D eigenvalue weighted by molar-refractivity contribution is 6.01. The van der Waals surface area contributed by atoms with Crippen LogP contribution in [0.4, 0.5) is 0 Å². The van der Waals surface area contributed by atoms with Gasteiger partial charge in [-0.2, -0.15) is 5.10 Å². The summed E-state index contributed by atoms with van der Waals surface area (Å²) in [4.78, 5) is 26.1. The van der Waals surface area contributed by atoms with Gasteiger partial charge in [-0.1, -0.05) is 13.8 Å². The summed E-state index contributed by atoms with van der Waals surface area (Å²) >= 11 is 0. The van der Waals surface area contributed by atoms with E-state index in [0.717, 1.165) is 5.69 Å². The Balaban J connectivity index is 2.10. The standard InChI is InChI=1S/C17H21N3O3/c1-11(2)14-9-15(20(4)18-14)17(23)19(3)10-16(22)12-5-7-13(21)8-6-12/h5-9,11,21H,10H2,1-4H3. The largest absolute Gasteiger partial charge is 0.508 e. The molecule has 0 spiro atoms. The molecule has 1 amide bonds. The van der Waals surface area contributed by atoms with Gasteiger partial charge in [0.2, 0.25) is 0 Å². The summed E-state index contributed by atoms with van der Waals surface area (Å²) in [7, 11) is 3.30. The third kappa shape index (κ3) is 3.77. The van der Waals surface area contributed by atoms with Crippen LogP contribution < -0.4 is 0 Å². The smallest absolute Gasteiger partial charge is 0.272 e. The Morgan fingerprint density at radius 3 is 2.39 bits per heavy atom. The van der Waals surface area contributed by atoms with Crippen molar-refractivity contribution in [3.8, 4) is 5.75 Å². The number of Topliss-reactive ketones (excluding diaryl/α,β-unsaturated/α-hetero) is 1. The third-order valence-corrected chi connectivity index (χ3v) is 3.63. The number of benzene rings is 1. The van der Waals surface area contributed by atoms with Crippen molar-refractivity contribution in [2.24, 2.45) is 7.05 Å². The molecule has 2 rings (SSSR count).